The molecule has 24 heavy (non-hydrogen) atoms. The molecule has 0 saturated heterocycles. The van der Waals surface area contributed by atoms with E-state index >= 15 is 0 Å². The predicted octanol–water partition coefficient (Wildman–Crippen LogP) is 3.42. The molecule has 2 rings (SSSR count). The van der Waals surface area contributed by atoms with Gasteiger partial charge in [-0.25, -0.2) is 0 Å². The van der Waals surface area contributed by atoms with Crippen molar-refractivity contribution in [2.24, 2.45) is 0 Å². The number of carbonyl (C=O) groups excluding carboxylic acids is 1. The van der Waals surface area contributed by atoms with Crippen LogP contribution in [0, 0.1) is 20.2 Å². The highest BCUT2D eigenvalue weighted by Gasteiger charge is 2.19. The minimum Gasteiger partial charge on any atom is -0.490 e. The van der Waals surface area contributed by atoms with Gasteiger partial charge >= 0.3 is 5.69 Å². The maximum atomic E-state index is 12.2. The highest BCUT2D eigenvalue weighted by Crippen LogP contribution is 2.29. The Kier molecular flexibility index (Phi) is 4.95. The number of hydrogen-bond acceptors (Lipinski definition) is 6. The molecular formula is C14H10ClN3O6. The monoisotopic (exact) mass is 351 g/mol. The maximum Gasteiger partial charge on any atom is 0.311 e. The molecule has 0 unspecified atom stereocenters. The molecule has 2 aromatic carbocycles. The molecule has 9 nitrogen and oxygen atoms in total. The second-order valence-corrected chi connectivity index (χ2v) is 4.93. The largest absolute Gasteiger partial charge is 0.490 e. The van der Waals surface area contributed by atoms with Crippen LogP contribution in [0.1, 0.15) is 10.4 Å². The first kappa shape index (κ1) is 17.2. The summed E-state index contributed by atoms with van der Waals surface area (Å²) in [6, 6.07) is 7.43. The Bertz CT molecular complexity index is 839. The fourth-order valence-corrected chi connectivity index (χ4v) is 2.09. The van der Waals surface area contributed by atoms with E-state index in [-0.39, 0.29) is 33.4 Å². The fourth-order valence-electron chi connectivity index (χ4n) is 1.91. The molecule has 0 radical (unpaired) electrons. The Balaban J connectivity index is 2.30. The zero-order valence-electron chi connectivity index (χ0n) is 12.2. The number of anilines is 1. The summed E-state index contributed by atoms with van der Waals surface area (Å²) in [5.41, 5.74) is -0.600. The summed E-state index contributed by atoms with van der Waals surface area (Å²) >= 11 is 5.69. The van der Waals surface area contributed by atoms with Gasteiger partial charge in [0.15, 0.2) is 5.75 Å². The molecule has 0 saturated carbocycles. The zero-order chi connectivity index (χ0) is 17.9. The van der Waals surface area contributed by atoms with Crippen molar-refractivity contribution in [2.75, 3.05) is 12.4 Å². The van der Waals surface area contributed by atoms with Crippen LogP contribution in [0.4, 0.5) is 17.1 Å². The van der Waals surface area contributed by atoms with E-state index in [0.29, 0.717) is 0 Å². The number of halogens is 1. The average molecular weight is 352 g/mol. The third kappa shape index (κ3) is 3.58. The summed E-state index contributed by atoms with van der Waals surface area (Å²) in [6.45, 7) is 0. The van der Waals surface area contributed by atoms with E-state index in [0.717, 1.165) is 12.1 Å². The summed E-state index contributed by atoms with van der Waals surface area (Å²) in [4.78, 5) is 32.6. The van der Waals surface area contributed by atoms with E-state index < -0.39 is 15.8 Å². The Morgan fingerprint density at radius 2 is 1.75 bits per heavy atom. The number of nitro groups is 2. The molecule has 0 aliphatic rings. The van der Waals surface area contributed by atoms with Gasteiger partial charge in [0.25, 0.3) is 11.6 Å². The maximum absolute atomic E-state index is 12.2. The number of rotatable bonds is 5. The normalized spacial score (nSPS) is 10.1. The van der Waals surface area contributed by atoms with E-state index in [4.69, 9.17) is 16.3 Å². The van der Waals surface area contributed by atoms with Crippen LogP contribution in [0.5, 0.6) is 5.75 Å². The minimum atomic E-state index is -0.684. The predicted molar refractivity (Wildman–Crippen MR) is 85.7 cm³/mol. The van der Waals surface area contributed by atoms with Crippen LogP contribution in [-0.2, 0) is 0 Å². The van der Waals surface area contributed by atoms with Gasteiger partial charge in [-0.1, -0.05) is 11.6 Å². The molecule has 0 fully saturated rings. The number of nitro benzene ring substituents is 2. The van der Waals surface area contributed by atoms with Crippen molar-refractivity contribution in [3.05, 3.63) is 67.2 Å². The minimum absolute atomic E-state index is 0.0000954. The van der Waals surface area contributed by atoms with Crippen molar-refractivity contribution in [3.8, 4) is 5.75 Å². The molecule has 0 heterocycles. The number of nitrogens with one attached hydrogen (secondary N) is 1. The summed E-state index contributed by atoms with van der Waals surface area (Å²) in [5.74, 6) is -0.656. The Hall–Kier alpha value is -3.20. The topological polar surface area (TPSA) is 125 Å². The quantitative estimate of drug-likeness (QED) is 0.650. The summed E-state index contributed by atoms with van der Waals surface area (Å²) in [6.07, 6.45) is 0. The van der Waals surface area contributed by atoms with Crippen molar-refractivity contribution in [3.63, 3.8) is 0 Å². The van der Waals surface area contributed by atoms with Crippen molar-refractivity contribution in [1.29, 1.82) is 0 Å². The number of amides is 1. The fraction of sp³-hybridized carbons (Fsp3) is 0.0714. The van der Waals surface area contributed by atoms with Crippen LogP contribution in [0.25, 0.3) is 0 Å². The van der Waals surface area contributed by atoms with Crippen LogP contribution >= 0.6 is 11.6 Å². The lowest BCUT2D eigenvalue weighted by molar-refractivity contribution is -0.385. The number of nitrogens with zero attached hydrogens (tertiary/aromatic N) is 2. The Morgan fingerprint density at radius 3 is 2.33 bits per heavy atom. The van der Waals surface area contributed by atoms with Gasteiger partial charge in [0.1, 0.15) is 5.02 Å². The van der Waals surface area contributed by atoms with E-state index in [1.54, 1.807) is 0 Å². The summed E-state index contributed by atoms with van der Waals surface area (Å²) in [7, 11) is 1.27. The van der Waals surface area contributed by atoms with Gasteiger partial charge in [-0.15, -0.1) is 0 Å². The molecule has 124 valence electrons. The first-order valence-corrected chi connectivity index (χ1v) is 6.79. The Labute approximate surface area is 140 Å². The van der Waals surface area contributed by atoms with Gasteiger partial charge in [0, 0.05) is 23.4 Å². The lowest BCUT2D eigenvalue weighted by atomic mass is 10.1. The lowest BCUT2D eigenvalue weighted by Crippen LogP contribution is -2.12. The average Bonchev–Trinajstić information content (AvgIpc) is 2.55. The highest BCUT2D eigenvalue weighted by molar-refractivity contribution is 6.32. The molecule has 0 atom stereocenters. The van der Waals surface area contributed by atoms with Gasteiger partial charge in [0.2, 0.25) is 0 Å². The van der Waals surface area contributed by atoms with Crippen LogP contribution in [-0.4, -0.2) is 22.9 Å². The van der Waals surface area contributed by atoms with Crippen molar-refractivity contribution < 1.29 is 19.4 Å². The summed E-state index contributed by atoms with van der Waals surface area (Å²) < 4.78 is 4.85. The number of methoxy groups -OCH3 is 1. The highest BCUT2D eigenvalue weighted by atomic mass is 35.5. The summed E-state index contributed by atoms with van der Waals surface area (Å²) in [5, 5.41) is 24.2. The standard InChI is InChI=1S/C14H10ClN3O6/c1-24-13-5-2-8(6-12(13)18(22)23)14(19)16-9-3-4-10(15)11(7-9)17(20)21/h2-7H,1H3,(H,16,19). The van der Waals surface area contributed by atoms with Crippen LogP contribution in [0.15, 0.2) is 36.4 Å². The number of benzene rings is 2. The van der Waals surface area contributed by atoms with Crippen LogP contribution in [0.3, 0.4) is 0 Å². The third-order valence-electron chi connectivity index (χ3n) is 3.04. The van der Waals surface area contributed by atoms with E-state index in [1.807, 2.05) is 0 Å². The first-order chi connectivity index (χ1) is 11.3. The molecule has 0 spiro atoms. The van der Waals surface area contributed by atoms with Gasteiger partial charge in [-0.3, -0.25) is 25.0 Å². The zero-order valence-corrected chi connectivity index (χ0v) is 12.9. The lowest BCUT2D eigenvalue weighted by Gasteiger charge is -2.07. The second-order valence-electron chi connectivity index (χ2n) is 4.52. The van der Waals surface area contributed by atoms with Gasteiger partial charge < -0.3 is 10.1 Å². The van der Waals surface area contributed by atoms with Crippen molar-refractivity contribution in [1.82, 2.24) is 0 Å². The van der Waals surface area contributed by atoms with Gasteiger partial charge in [0.05, 0.1) is 17.0 Å². The van der Waals surface area contributed by atoms with Crippen molar-refractivity contribution >= 4 is 34.6 Å². The molecule has 1 amide bonds. The molecular weight excluding hydrogens is 342 g/mol. The molecule has 0 aromatic heterocycles. The third-order valence-corrected chi connectivity index (χ3v) is 3.36. The Morgan fingerprint density at radius 1 is 1.08 bits per heavy atom. The first-order valence-electron chi connectivity index (χ1n) is 6.41. The molecule has 0 aliphatic heterocycles. The smallest absolute Gasteiger partial charge is 0.311 e. The van der Waals surface area contributed by atoms with Gasteiger partial charge in [-0.2, -0.15) is 0 Å². The second kappa shape index (κ2) is 6.92. The molecule has 0 aliphatic carbocycles. The van der Waals surface area contributed by atoms with Crippen molar-refractivity contribution in [2.45, 2.75) is 0 Å². The SMILES string of the molecule is COc1ccc(C(=O)Nc2ccc(Cl)c([N+](=O)[O-])c2)cc1[N+](=O)[O-]. The van der Waals surface area contributed by atoms with Gasteiger partial charge in [-0.05, 0) is 24.3 Å². The van der Waals surface area contributed by atoms with E-state index in [2.05, 4.69) is 5.32 Å². The van der Waals surface area contributed by atoms with Crippen LogP contribution < -0.4 is 10.1 Å². The number of carbonyl (C=O) groups is 1. The molecule has 0 bridgehead atoms. The van der Waals surface area contributed by atoms with E-state index in [1.165, 1.54) is 31.4 Å². The molecule has 10 heteroatoms. The number of hydrogen-bond donors (Lipinski definition) is 1. The molecule has 2 aromatic rings. The van der Waals surface area contributed by atoms with Crippen LogP contribution in [0.2, 0.25) is 5.02 Å². The number of ether oxygens (including phenoxy) is 1. The molecule has 1 N–H and O–H groups in total. The van der Waals surface area contributed by atoms with E-state index in [9.17, 15) is 25.0 Å².